The predicted molar refractivity (Wildman–Crippen MR) is 74.0 cm³/mol. The Morgan fingerprint density at radius 1 is 1.24 bits per heavy atom. The Kier molecular flexibility index (Phi) is 5.29. The molecule has 0 spiro atoms. The van der Waals surface area contributed by atoms with Gasteiger partial charge in [0.15, 0.2) is 0 Å². The highest BCUT2D eigenvalue weighted by atomic mass is 16.5. The zero-order chi connectivity index (χ0) is 12.8. The molecule has 96 valence electrons. The molecule has 1 rings (SSSR count). The summed E-state index contributed by atoms with van der Waals surface area (Å²) in [6.45, 7) is 7.50. The van der Waals surface area contributed by atoms with E-state index in [9.17, 15) is 0 Å². The van der Waals surface area contributed by atoms with Gasteiger partial charge in [-0.05, 0) is 19.1 Å². The molecule has 0 bridgehead atoms. The lowest BCUT2D eigenvalue weighted by atomic mass is 10.2. The molecule has 0 aliphatic rings. The topological polar surface area (TPSA) is 24.5 Å². The SMILES string of the molecule is COc1ccccc1N(C)C(C)CNC(C)C. The van der Waals surface area contributed by atoms with Crippen LogP contribution in [-0.2, 0) is 0 Å². The van der Waals surface area contributed by atoms with E-state index in [2.05, 4.69) is 44.1 Å². The second kappa shape index (κ2) is 6.50. The maximum Gasteiger partial charge on any atom is 0.142 e. The molecule has 1 N–H and O–H groups in total. The molecular weight excluding hydrogens is 212 g/mol. The van der Waals surface area contributed by atoms with Crippen LogP contribution >= 0.6 is 0 Å². The number of hydrogen-bond acceptors (Lipinski definition) is 3. The minimum atomic E-state index is 0.425. The Hall–Kier alpha value is -1.22. The number of anilines is 1. The van der Waals surface area contributed by atoms with Gasteiger partial charge < -0.3 is 15.0 Å². The van der Waals surface area contributed by atoms with Crippen molar-refractivity contribution < 1.29 is 4.74 Å². The molecule has 0 saturated carbocycles. The van der Waals surface area contributed by atoms with Gasteiger partial charge in [-0.25, -0.2) is 0 Å². The fourth-order valence-electron chi connectivity index (χ4n) is 1.70. The van der Waals surface area contributed by atoms with Crippen molar-refractivity contribution in [2.45, 2.75) is 32.9 Å². The summed E-state index contributed by atoms with van der Waals surface area (Å²) in [7, 11) is 3.81. The van der Waals surface area contributed by atoms with Gasteiger partial charge in [0.1, 0.15) is 5.75 Å². The summed E-state index contributed by atoms with van der Waals surface area (Å²) >= 11 is 0. The molecule has 0 aliphatic heterocycles. The summed E-state index contributed by atoms with van der Waals surface area (Å²) in [6, 6.07) is 9.06. The molecule has 0 aromatic heterocycles. The monoisotopic (exact) mass is 236 g/mol. The minimum absolute atomic E-state index is 0.425. The van der Waals surface area contributed by atoms with Gasteiger partial charge in [-0.1, -0.05) is 26.0 Å². The molecule has 1 unspecified atom stereocenters. The van der Waals surface area contributed by atoms with Crippen LogP contribution in [0.1, 0.15) is 20.8 Å². The van der Waals surface area contributed by atoms with E-state index in [-0.39, 0.29) is 0 Å². The normalized spacial score (nSPS) is 12.6. The molecule has 1 atom stereocenters. The van der Waals surface area contributed by atoms with Gasteiger partial charge in [0.05, 0.1) is 12.8 Å². The van der Waals surface area contributed by atoms with Crippen molar-refractivity contribution in [2.24, 2.45) is 0 Å². The van der Waals surface area contributed by atoms with Crippen molar-refractivity contribution in [1.29, 1.82) is 0 Å². The lowest BCUT2D eigenvalue weighted by Crippen LogP contribution is -2.40. The summed E-state index contributed by atoms with van der Waals surface area (Å²) < 4.78 is 5.38. The van der Waals surface area contributed by atoms with Crippen LogP contribution in [0.5, 0.6) is 5.75 Å². The summed E-state index contributed by atoms with van der Waals surface area (Å²) in [5.41, 5.74) is 1.13. The summed E-state index contributed by atoms with van der Waals surface area (Å²) in [4.78, 5) is 2.24. The first-order valence-corrected chi connectivity index (χ1v) is 6.15. The number of likely N-dealkylation sites (N-methyl/N-ethyl adjacent to an activating group) is 1. The van der Waals surface area contributed by atoms with Crippen LogP contribution in [0.2, 0.25) is 0 Å². The van der Waals surface area contributed by atoms with Crippen LogP contribution in [0.3, 0.4) is 0 Å². The van der Waals surface area contributed by atoms with Crippen molar-refractivity contribution >= 4 is 5.69 Å². The first-order chi connectivity index (χ1) is 8.06. The van der Waals surface area contributed by atoms with Crippen molar-refractivity contribution in [3.63, 3.8) is 0 Å². The molecular formula is C14H24N2O. The summed E-state index contributed by atoms with van der Waals surface area (Å²) in [6.07, 6.45) is 0. The summed E-state index contributed by atoms with van der Waals surface area (Å²) in [5.74, 6) is 0.923. The van der Waals surface area contributed by atoms with Gasteiger partial charge in [0.2, 0.25) is 0 Å². The fraction of sp³-hybridized carbons (Fsp3) is 0.571. The Bertz CT molecular complexity index is 339. The van der Waals surface area contributed by atoms with E-state index in [1.54, 1.807) is 7.11 Å². The highest BCUT2D eigenvalue weighted by Crippen LogP contribution is 2.27. The van der Waals surface area contributed by atoms with Crippen LogP contribution in [0.4, 0.5) is 5.69 Å². The Balaban J connectivity index is 2.70. The Morgan fingerprint density at radius 3 is 2.47 bits per heavy atom. The number of hydrogen-bond donors (Lipinski definition) is 1. The summed E-state index contributed by atoms with van der Waals surface area (Å²) in [5, 5.41) is 3.45. The molecule has 0 heterocycles. The van der Waals surface area contributed by atoms with Crippen molar-refractivity contribution in [3.05, 3.63) is 24.3 Å². The second-order valence-corrected chi connectivity index (χ2v) is 4.69. The third kappa shape index (κ3) is 3.93. The fourth-order valence-corrected chi connectivity index (χ4v) is 1.70. The van der Waals surface area contributed by atoms with Crippen molar-refractivity contribution in [3.8, 4) is 5.75 Å². The van der Waals surface area contributed by atoms with Gasteiger partial charge >= 0.3 is 0 Å². The average molecular weight is 236 g/mol. The highest BCUT2D eigenvalue weighted by molar-refractivity contribution is 5.58. The largest absolute Gasteiger partial charge is 0.495 e. The van der Waals surface area contributed by atoms with Gasteiger partial charge in [-0.2, -0.15) is 0 Å². The van der Waals surface area contributed by atoms with Crippen LogP contribution in [0.15, 0.2) is 24.3 Å². The van der Waals surface area contributed by atoms with Gasteiger partial charge in [-0.15, -0.1) is 0 Å². The van der Waals surface area contributed by atoms with Crippen LogP contribution < -0.4 is 15.0 Å². The quantitative estimate of drug-likeness (QED) is 0.821. The minimum Gasteiger partial charge on any atom is -0.495 e. The zero-order valence-electron chi connectivity index (χ0n) is 11.5. The number of para-hydroxylation sites is 2. The van der Waals surface area contributed by atoms with E-state index in [1.807, 2.05) is 18.2 Å². The number of rotatable bonds is 6. The molecule has 0 radical (unpaired) electrons. The molecule has 17 heavy (non-hydrogen) atoms. The smallest absolute Gasteiger partial charge is 0.142 e. The highest BCUT2D eigenvalue weighted by Gasteiger charge is 2.13. The first kappa shape index (κ1) is 13.8. The first-order valence-electron chi connectivity index (χ1n) is 6.15. The van der Waals surface area contributed by atoms with Crippen molar-refractivity contribution in [2.75, 3.05) is 25.6 Å². The Morgan fingerprint density at radius 2 is 1.88 bits per heavy atom. The number of ether oxygens (including phenoxy) is 1. The molecule has 0 fully saturated rings. The number of methoxy groups -OCH3 is 1. The third-order valence-electron chi connectivity index (χ3n) is 2.95. The van der Waals surface area contributed by atoms with E-state index in [1.165, 1.54) is 0 Å². The maximum absolute atomic E-state index is 5.38. The van der Waals surface area contributed by atoms with Gasteiger partial charge in [0, 0.05) is 25.7 Å². The van der Waals surface area contributed by atoms with Crippen LogP contribution in [0, 0.1) is 0 Å². The zero-order valence-corrected chi connectivity index (χ0v) is 11.5. The average Bonchev–Trinajstić information content (AvgIpc) is 2.34. The van der Waals surface area contributed by atoms with E-state index < -0.39 is 0 Å². The van der Waals surface area contributed by atoms with Crippen molar-refractivity contribution in [1.82, 2.24) is 5.32 Å². The molecule has 0 amide bonds. The van der Waals surface area contributed by atoms with E-state index in [4.69, 9.17) is 4.74 Å². The molecule has 0 aliphatic carbocycles. The maximum atomic E-state index is 5.38. The van der Waals surface area contributed by atoms with E-state index in [0.717, 1.165) is 18.0 Å². The second-order valence-electron chi connectivity index (χ2n) is 4.69. The lowest BCUT2D eigenvalue weighted by molar-refractivity contribution is 0.413. The van der Waals surface area contributed by atoms with E-state index in [0.29, 0.717) is 12.1 Å². The molecule has 3 heteroatoms. The van der Waals surface area contributed by atoms with Crippen LogP contribution in [0.25, 0.3) is 0 Å². The van der Waals surface area contributed by atoms with Gasteiger partial charge in [-0.3, -0.25) is 0 Å². The molecule has 0 saturated heterocycles. The lowest BCUT2D eigenvalue weighted by Gasteiger charge is -2.29. The predicted octanol–water partition coefficient (Wildman–Crippen LogP) is 2.52. The number of benzene rings is 1. The van der Waals surface area contributed by atoms with E-state index >= 15 is 0 Å². The number of nitrogens with one attached hydrogen (secondary N) is 1. The molecule has 1 aromatic rings. The van der Waals surface area contributed by atoms with Crippen LogP contribution in [-0.4, -0.2) is 32.8 Å². The van der Waals surface area contributed by atoms with Gasteiger partial charge in [0.25, 0.3) is 0 Å². The molecule has 3 nitrogen and oxygen atoms in total. The Labute approximate surface area is 105 Å². The molecule has 1 aromatic carbocycles. The number of nitrogens with zero attached hydrogens (tertiary/aromatic N) is 1. The third-order valence-corrected chi connectivity index (χ3v) is 2.95. The standard InChI is InChI=1S/C14H24N2O/c1-11(2)15-10-12(3)16(4)13-8-6-7-9-14(13)17-5/h6-9,11-12,15H,10H2,1-5H3.